The number of fused-ring (bicyclic) bond motifs is 1. The number of aryl methyl sites for hydroxylation is 1. The van der Waals surface area contributed by atoms with E-state index in [1.807, 2.05) is 48.9 Å². The first-order valence-electron chi connectivity index (χ1n) is 15.2. The quantitative estimate of drug-likeness (QED) is 0.165. The molecule has 6 rings (SSSR count). The predicted octanol–water partition coefficient (Wildman–Crippen LogP) is 5.83. The zero-order valence-electron chi connectivity index (χ0n) is 25.7. The number of nitriles is 1. The van der Waals surface area contributed by atoms with Crippen LogP contribution in [0.5, 0.6) is 5.75 Å². The third-order valence-corrected chi connectivity index (χ3v) is 9.39. The van der Waals surface area contributed by atoms with Crippen LogP contribution in [-0.2, 0) is 31.0 Å². The highest BCUT2D eigenvalue weighted by Crippen LogP contribution is 2.31. The highest BCUT2D eigenvalue weighted by Gasteiger charge is 2.24. The standard InChI is InChI=1S/C34H34FN7O3S/c1-3-41-22-37-18-26(41)19-42-30-16-24(34(43)44-2)8-9-29(30)39-32(42)20-40-13-11-27(12-14-40)46-33-6-4-5-25(38-33)21-45-31-10-7-23(17-36)15-28(31)35/h4-10,15-16,18,22,27H,3,11-14,19-21H2,1-2H3. The molecular formula is C34H34FN7O3S. The third kappa shape index (κ3) is 7.06. The van der Waals surface area contributed by atoms with Gasteiger partial charge in [0.05, 0.1) is 71.2 Å². The molecule has 0 aliphatic carbocycles. The molecule has 46 heavy (non-hydrogen) atoms. The van der Waals surface area contributed by atoms with E-state index in [-0.39, 0.29) is 23.9 Å². The summed E-state index contributed by atoms with van der Waals surface area (Å²) in [5, 5.41) is 10.3. The molecule has 1 aliphatic rings. The molecule has 12 heteroatoms. The first-order valence-corrected chi connectivity index (χ1v) is 16.1. The maximum atomic E-state index is 14.2. The summed E-state index contributed by atoms with van der Waals surface area (Å²) in [6.07, 6.45) is 5.72. The van der Waals surface area contributed by atoms with Crippen LogP contribution in [0.25, 0.3) is 11.0 Å². The first-order chi connectivity index (χ1) is 22.4. The number of carbonyl (C=O) groups excluding carboxylic acids is 1. The number of hydrogen-bond acceptors (Lipinski definition) is 9. The highest BCUT2D eigenvalue weighted by molar-refractivity contribution is 7.99. The second-order valence-electron chi connectivity index (χ2n) is 11.1. The topological polar surface area (TPSA) is 111 Å². The Morgan fingerprint density at radius 2 is 1.96 bits per heavy atom. The van der Waals surface area contributed by atoms with Gasteiger partial charge >= 0.3 is 5.97 Å². The van der Waals surface area contributed by atoms with E-state index in [4.69, 9.17) is 24.7 Å². The summed E-state index contributed by atoms with van der Waals surface area (Å²) >= 11 is 1.76. The van der Waals surface area contributed by atoms with Crippen molar-refractivity contribution in [1.82, 2.24) is 29.0 Å². The lowest BCUT2D eigenvalue weighted by molar-refractivity contribution is 0.0601. The number of piperidine rings is 1. The molecular weight excluding hydrogens is 605 g/mol. The minimum atomic E-state index is -0.564. The molecule has 5 aromatic rings. The van der Waals surface area contributed by atoms with Crippen molar-refractivity contribution in [2.45, 2.75) is 56.3 Å². The van der Waals surface area contributed by atoms with Crippen LogP contribution < -0.4 is 4.74 Å². The number of halogens is 1. The zero-order valence-corrected chi connectivity index (χ0v) is 26.5. The van der Waals surface area contributed by atoms with Crippen molar-refractivity contribution in [3.8, 4) is 11.8 Å². The Hall–Kier alpha value is -4.73. The summed E-state index contributed by atoms with van der Waals surface area (Å²) in [7, 11) is 1.39. The van der Waals surface area contributed by atoms with E-state index in [1.54, 1.807) is 17.8 Å². The van der Waals surface area contributed by atoms with Gasteiger partial charge in [0.25, 0.3) is 0 Å². The van der Waals surface area contributed by atoms with Gasteiger partial charge in [-0.2, -0.15) is 5.26 Å². The Kier molecular flexibility index (Phi) is 9.61. The fourth-order valence-corrected chi connectivity index (χ4v) is 6.75. The molecule has 2 aromatic carbocycles. The molecule has 0 amide bonds. The van der Waals surface area contributed by atoms with Gasteiger partial charge < -0.3 is 18.6 Å². The molecule has 0 N–H and O–H groups in total. The Bertz CT molecular complexity index is 1890. The van der Waals surface area contributed by atoms with Gasteiger partial charge in [0.1, 0.15) is 12.4 Å². The van der Waals surface area contributed by atoms with Crippen LogP contribution in [0.1, 0.15) is 52.9 Å². The molecule has 0 spiro atoms. The molecule has 0 unspecified atom stereocenters. The molecule has 10 nitrogen and oxygen atoms in total. The minimum Gasteiger partial charge on any atom is -0.484 e. The Morgan fingerprint density at radius 1 is 1.11 bits per heavy atom. The number of benzene rings is 2. The lowest BCUT2D eigenvalue weighted by atomic mass is 10.1. The molecule has 1 aliphatic heterocycles. The average molecular weight is 640 g/mol. The molecule has 0 saturated carbocycles. The normalized spacial score (nSPS) is 14.0. The summed E-state index contributed by atoms with van der Waals surface area (Å²) in [6, 6.07) is 17.4. The molecule has 4 heterocycles. The van der Waals surface area contributed by atoms with Crippen molar-refractivity contribution < 1.29 is 18.7 Å². The van der Waals surface area contributed by atoms with Crippen molar-refractivity contribution in [2.75, 3.05) is 20.2 Å². The SMILES string of the molecule is CCn1cncc1Cn1c(CN2CCC(Sc3cccc(COc4ccc(C#N)cc4F)n3)CC2)nc2ccc(C(=O)OC)cc21. The van der Waals surface area contributed by atoms with Crippen molar-refractivity contribution in [3.63, 3.8) is 0 Å². The predicted molar refractivity (Wildman–Crippen MR) is 172 cm³/mol. The molecule has 3 aromatic heterocycles. The van der Waals surface area contributed by atoms with Crippen LogP contribution >= 0.6 is 11.8 Å². The van der Waals surface area contributed by atoms with E-state index in [0.717, 1.165) is 60.1 Å². The summed E-state index contributed by atoms with van der Waals surface area (Å²) in [6.45, 7) is 6.17. The van der Waals surface area contributed by atoms with Gasteiger partial charge in [0, 0.05) is 18.0 Å². The van der Waals surface area contributed by atoms with Crippen molar-refractivity contribution in [2.24, 2.45) is 0 Å². The smallest absolute Gasteiger partial charge is 0.337 e. The van der Waals surface area contributed by atoms with E-state index in [0.29, 0.717) is 29.6 Å². The van der Waals surface area contributed by atoms with Gasteiger partial charge in [-0.25, -0.2) is 24.1 Å². The van der Waals surface area contributed by atoms with Gasteiger partial charge in [-0.05, 0) is 81.4 Å². The summed E-state index contributed by atoms with van der Waals surface area (Å²) in [5.41, 5.74) is 4.26. The number of likely N-dealkylation sites (tertiary alicyclic amines) is 1. The summed E-state index contributed by atoms with van der Waals surface area (Å²) in [4.78, 5) is 28.8. The van der Waals surface area contributed by atoms with Crippen molar-refractivity contribution in [3.05, 3.63) is 101 Å². The second-order valence-corrected chi connectivity index (χ2v) is 12.4. The van der Waals surface area contributed by atoms with Crippen LogP contribution in [0.2, 0.25) is 0 Å². The van der Waals surface area contributed by atoms with Gasteiger partial charge in [0.2, 0.25) is 0 Å². The molecule has 0 bridgehead atoms. The number of carbonyl (C=O) groups is 1. The number of esters is 1. The summed E-state index contributed by atoms with van der Waals surface area (Å²) in [5.74, 6) is 0.104. The Morgan fingerprint density at radius 3 is 2.72 bits per heavy atom. The number of pyridine rings is 1. The van der Waals surface area contributed by atoms with Gasteiger partial charge in [-0.15, -0.1) is 11.8 Å². The number of ether oxygens (including phenoxy) is 2. The van der Waals surface area contributed by atoms with E-state index in [9.17, 15) is 9.18 Å². The van der Waals surface area contributed by atoms with E-state index in [1.165, 1.54) is 25.3 Å². The maximum absolute atomic E-state index is 14.2. The number of nitrogens with zero attached hydrogens (tertiary/aromatic N) is 7. The zero-order chi connectivity index (χ0) is 32.0. The molecule has 1 saturated heterocycles. The Labute approximate surface area is 270 Å². The van der Waals surface area contributed by atoms with Gasteiger partial charge in [0.15, 0.2) is 11.6 Å². The fourth-order valence-electron chi connectivity index (χ4n) is 5.64. The largest absolute Gasteiger partial charge is 0.484 e. The number of aromatic nitrogens is 5. The van der Waals surface area contributed by atoms with Crippen LogP contribution in [0.3, 0.4) is 0 Å². The lowest BCUT2D eigenvalue weighted by Gasteiger charge is -2.31. The number of rotatable bonds is 11. The number of methoxy groups -OCH3 is 1. The molecule has 0 atom stereocenters. The van der Waals surface area contributed by atoms with E-state index >= 15 is 0 Å². The molecule has 1 fully saturated rings. The van der Waals surface area contributed by atoms with E-state index in [2.05, 4.69) is 25.9 Å². The first kappa shape index (κ1) is 31.3. The summed E-state index contributed by atoms with van der Waals surface area (Å²) < 4.78 is 29.1. The van der Waals surface area contributed by atoms with Gasteiger partial charge in [-0.1, -0.05) is 6.07 Å². The average Bonchev–Trinajstić information content (AvgIpc) is 3.68. The van der Waals surface area contributed by atoms with Crippen molar-refractivity contribution >= 4 is 28.8 Å². The number of imidazole rings is 2. The molecule has 0 radical (unpaired) electrons. The number of thioether (sulfide) groups is 1. The van der Waals surface area contributed by atoms with Crippen LogP contribution in [0, 0.1) is 17.1 Å². The van der Waals surface area contributed by atoms with Gasteiger partial charge in [-0.3, -0.25) is 4.90 Å². The highest BCUT2D eigenvalue weighted by atomic mass is 32.2. The van der Waals surface area contributed by atoms with Crippen LogP contribution in [-0.4, -0.2) is 60.4 Å². The number of hydrogen-bond donors (Lipinski definition) is 0. The third-order valence-electron chi connectivity index (χ3n) is 8.11. The minimum absolute atomic E-state index is 0.0969. The van der Waals surface area contributed by atoms with Crippen molar-refractivity contribution in [1.29, 1.82) is 5.26 Å². The Balaban J connectivity index is 1.10. The van der Waals surface area contributed by atoms with Crippen LogP contribution in [0.4, 0.5) is 4.39 Å². The molecule has 236 valence electrons. The fraction of sp³-hybridized carbons (Fsp3) is 0.324. The maximum Gasteiger partial charge on any atom is 0.337 e. The monoisotopic (exact) mass is 639 g/mol. The van der Waals surface area contributed by atoms with Crippen LogP contribution in [0.15, 0.2) is 72.1 Å². The lowest BCUT2D eigenvalue weighted by Crippen LogP contribution is -2.35. The second kappa shape index (κ2) is 14.1. The van der Waals surface area contributed by atoms with E-state index < -0.39 is 5.82 Å².